The van der Waals surface area contributed by atoms with E-state index >= 15 is 0 Å². The summed E-state index contributed by atoms with van der Waals surface area (Å²) in [5, 5.41) is 0. The fraction of sp³-hybridized carbons (Fsp3) is 0.455. The molecule has 1 saturated heterocycles. The van der Waals surface area contributed by atoms with E-state index < -0.39 is 0 Å². The van der Waals surface area contributed by atoms with E-state index in [1.807, 2.05) is 12.1 Å². The van der Waals surface area contributed by atoms with Crippen molar-refractivity contribution >= 4 is 0 Å². The van der Waals surface area contributed by atoms with Crippen LogP contribution in [0.2, 0.25) is 0 Å². The van der Waals surface area contributed by atoms with E-state index in [0.29, 0.717) is 11.7 Å². The van der Waals surface area contributed by atoms with Gasteiger partial charge < -0.3 is 9.64 Å². The summed E-state index contributed by atoms with van der Waals surface area (Å²) in [5.74, 6) is 1.74. The first-order valence-electron chi connectivity index (χ1n) is 9.46. The molecule has 0 amide bonds. The van der Waals surface area contributed by atoms with Gasteiger partial charge in [-0.25, -0.2) is 4.39 Å². The van der Waals surface area contributed by atoms with Gasteiger partial charge in [0.15, 0.2) is 0 Å². The largest absolute Gasteiger partial charge is 0.457 e. The van der Waals surface area contributed by atoms with Gasteiger partial charge in [-0.3, -0.25) is 0 Å². The normalized spacial score (nSPS) is 17.0. The number of rotatable bonds is 6. The lowest BCUT2D eigenvalue weighted by molar-refractivity contribution is 0.275. The predicted octanol–water partition coefficient (Wildman–Crippen LogP) is 5.99. The van der Waals surface area contributed by atoms with Gasteiger partial charge in [0.05, 0.1) is 0 Å². The average Bonchev–Trinajstić information content (AvgIpc) is 2.91. The number of hydrogen-bond donors (Lipinski definition) is 0. The van der Waals surface area contributed by atoms with E-state index in [2.05, 4.69) is 24.0 Å². The number of halogens is 1. The third-order valence-corrected chi connectivity index (χ3v) is 5.08. The molecule has 0 aliphatic carbocycles. The highest BCUT2D eigenvalue weighted by Crippen LogP contribution is 2.26. The van der Waals surface area contributed by atoms with E-state index in [0.717, 1.165) is 5.75 Å². The van der Waals surface area contributed by atoms with Crippen LogP contribution in [0.1, 0.15) is 50.5 Å². The average molecular weight is 341 g/mol. The molecule has 25 heavy (non-hydrogen) atoms. The SMILES string of the molecule is CC(CCN1CCCCCC1)c1ccc(Oc2ccc(F)cc2)cc1. The van der Waals surface area contributed by atoms with Crippen LogP contribution in [0.5, 0.6) is 11.5 Å². The Bertz CT molecular complexity index is 630. The standard InChI is InChI=1S/C22H28FNO/c1-18(14-17-24-15-4-2-3-5-16-24)19-6-10-21(11-7-19)25-22-12-8-20(23)9-13-22/h6-13,18H,2-5,14-17H2,1H3. The Labute approximate surface area is 150 Å². The molecule has 3 heteroatoms. The van der Waals surface area contributed by atoms with Crippen molar-refractivity contribution in [3.8, 4) is 11.5 Å². The van der Waals surface area contributed by atoms with E-state index in [9.17, 15) is 4.39 Å². The van der Waals surface area contributed by atoms with Crippen molar-refractivity contribution in [2.75, 3.05) is 19.6 Å². The molecule has 0 bridgehead atoms. The van der Waals surface area contributed by atoms with Crippen LogP contribution in [0.3, 0.4) is 0 Å². The topological polar surface area (TPSA) is 12.5 Å². The number of nitrogens with zero attached hydrogens (tertiary/aromatic N) is 1. The lowest BCUT2D eigenvalue weighted by atomic mass is 9.97. The first-order chi connectivity index (χ1) is 12.2. The van der Waals surface area contributed by atoms with Crippen molar-refractivity contribution in [3.05, 3.63) is 59.9 Å². The highest BCUT2D eigenvalue weighted by Gasteiger charge is 2.12. The van der Waals surface area contributed by atoms with E-state index in [1.165, 1.54) is 69.4 Å². The number of hydrogen-bond acceptors (Lipinski definition) is 2. The molecule has 0 aromatic heterocycles. The van der Waals surface area contributed by atoms with Crippen molar-refractivity contribution in [1.29, 1.82) is 0 Å². The van der Waals surface area contributed by atoms with Gasteiger partial charge in [-0.2, -0.15) is 0 Å². The maximum atomic E-state index is 12.9. The Balaban J connectivity index is 1.51. The fourth-order valence-corrected chi connectivity index (χ4v) is 3.41. The van der Waals surface area contributed by atoms with E-state index in [1.54, 1.807) is 12.1 Å². The van der Waals surface area contributed by atoms with Gasteiger partial charge in [0.2, 0.25) is 0 Å². The lowest BCUT2D eigenvalue weighted by Gasteiger charge is -2.22. The molecule has 1 heterocycles. The first kappa shape index (κ1) is 17.9. The molecule has 134 valence electrons. The van der Waals surface area contributed by atoms with Gasteiger partial charge in [0, 0.05) is 0 Å². The van der Waals surface area contributed by atoms with Gasteiger partial charge >= 0.3 is 0 Å². The van der Waals surface area contributed by atoms with Gasteiger partial charge in [-0.15, -0.1) is 0 Å². The Hall–Kier alpha value is -1.87. The minimum absolute atomic E-state index is 0.249. The molecule has 0 saturated carbocycles. The highest BCUT2D eigenvalue weighted by atomic mass is 19.1. The summed E-state index contributed by atoms with van der Waals surface area (Å²) < 4.78 is 18.7. The van der Waals surface area contributed by atoms with E-state index in [-0.39, 0.29) is 5.82 Å². The third kappa shape index (κ3) is 5.57. The molecular formula is C22H28FNO. The molecule has 2 aromatic carbocycles. The van der Waals surface area contributed by atoms with Crippen LogP contribution in [-0.2, 0) is 0 Å². The molecule has 3 rings (SSSR count). The molecule has 2 nitrogen and oxygen atoms in total. The summed E-state index contributed by atoms with van der Waals surface area (Å²) in [6.07, 6.45) is 6.68. The smallest absolute Gasteiger partial charge is 0.127 e. The summed E-state index contributed by atoms with van der Waals surface area (Å²) in [5.41, 5.74) is 1.35. The molecule has 1 aliphatic heterocycles. The second-order valence-corrected chi connectivity index (χ2v) is 7.07. The monoisotopic (exact) mass is 341 g/mol. The maximum absolute atomic E-state index is 12.9. The second kappa shape index (κ2) is 9.00. The van der Waals surface area contributed by atoms with Gasteiger partial charge in [0.25, 0.3) is 0 Å². The zero-order valence-electron chi connectivity index (χ0n) is 15.1. The van der Waals surface area contributed by atoms with Crippen LogP contribution >= 0.6 is 0 Å². The zero-order chi connectivity index (χ0) is 17.5. The minimum atomic E-state index is -0.249. The summed E-state index contributed by atoms with van der Waals surface area (Å²) in [6, 6.07) is 14.4. The molecule has 1 unspecified atom stereocenters. The Morgan fingerprint density at radius 3 is 2.04 bits per heavy atom. The zero-order valence-corrected chi connectivity index (χ0v) is 15.1. The van der Waals surface area contributed by atoms with Crippen LogP contribution in [-0.4, -0.2) is 24.5 Å². The maximum Gasteiger partial charge on any atom is 0.127 e. The first-order valence-corrected chi connectivity index (χ1v) is 9.46. The summed E-state index contributed by atoms with van der Waals surface area (Å²) >= 11 is 0. The van der Waals surface area contributed by atoms with Crippen LogP contribution in [0.15, 0.2) is 48.5 Å². The molecule has 1 atom stereocenters. The van der Waals surface area contributed by atoms with Crippen LogP contribution in [0.4, 0.5) is 4.39 Å². The van der Waals surface area contributed by atoms with E-state index in [4.69, 9.17) is 4.74 Å². The molecule has 0 N–H and O–H groups in total. The Morgan fingerprint density at radius 2 is 1.44 bits per heavy atom. The highest BCUT2D eigenvalue weighted by molar-refractivity contribution is 5.34. The van der Waals surface area contributed by atoms with Crippen LogP contribution in [0.25, 0.3) is 0 Å². The number of benzene rings is 2. The predicted molar refractivity (Wildman–Crippen MR) is 101 cm³/mol. The summed E-state index contributed by atoms with van der Waals surface area (Å²) in [7, 11) is 0. The van der Waals surface area contributed by atoms with Gasteiger partial charge in [-0.1, -0.05) is 31.9 Å². The number of likely N-dealkylation sites (tertiary alicyclic amines) is 1. The molecule has 0 radical (unpaired) electrons. The van der Waals surface area contributed by atoms with Crippen molar-refractivity contribution in [3.63, 3.8) is 0 Å². The molecule has 1 aliphatic rings. The molecule has 1 fully saturated rings. The molecule has 2 aromatic rings. The Kier molecular flexibility index (Phi) is 6.46. The fourth-order valence-electron chi connectivity index (χ4n) is 3.41. The van der Waals surface area contributed by atoms with Crippen LogP contribution < -0.4 is 4.74 Å². The van der Waals surface area contributed by atoms with Crippen molar-refractivity contribution in [1.82, 2.24) is 4.90 Å². The quantitative estimate of drug-likeness (QED) is 0.640. The lowest BCUT2D eigenvalue weighted by Crippen LogP contribution is -2.26. The summed E-state index contributed by atoms with van der Waals surface area (Å²) in [4.78, 5) is 2.62. The van der Waals surface area contributed by atoms with Crippen LogP contribution in [0, 0.1) is 5.82 Å². The Morgan fingerprint density at radius 1 is 0.880 bits per heavy atom. The second-order valence-electron chi connectivity index (χ2n) is 7.07. The van der Waals surface area contributed by atoms with Gasteiger partial charge in [-0.05, 0) is 86.8 Å². The van der Waals surface area contributed by atoms with Gasteiger partial charge in [0.1, 0.15) is 17.3 Å². The molecule has 0 spiro atoms. The van der Waals surface area contributed by atoms with Crippen molar-refractivity contribution in [2.45, 2.75) is 44.9 Å². The third-order valence-electron chi connectivity index (χ3n) is 5.08. The van der Waals surface area contributed by atoms with Crippen molar-refractivity contribution < 1.29 is 9.13 Å². The minimum Gasteiger partial charge on any atom is -0.457 e. The van der Waals surface area contributed by atoms with Crippen molar-refractivity contribution in [2.24, 2.45) is 0 Å². The number of ether oxygens (including phenoxy) is 1. The molecular weight excluding hydrogens is 313 g/mol. The summed E-state index contributed by atoms with van der Waals surface area (Å²) in [6.45, 7) is 6.01.